The van der Waals surface area contributed by atoms with Gasteiger partial charge in [-0.2, -0.15) is 0 Å². The third-order valence-electron chi connectivity index (χ3n) is 4.54. The van der Waals surface area contributed by atoms with E-state index in [-0.39, 0.29) is 0 Å². The summed E-state index contributed by atoms with van der Waals surface area (Å²) >= 11 is 0. The van der Waals surface area contributed by atoms with Gasteiger partial charge in [-0.25, -0.2) is 9.97 Å². The molecule has 0 unspecified atom stereocenters. The molecule has 0 atom stereocenters. The van der Waals surface area contributed by atoms with Crippen LogP contribution in [0, 0.1) is 0 Å². The van der Waals surface area contributed by atoms with Gasteiger partial charge in [0.25, 0.3) is 0 Å². The lowest BCUT2D eigenvalue weighted by molar-refractivity contribution is 0.123. The Bertz CT molecular complexity index is 878. The number of imidazole rings is 1. The molecule has 1 aromatic carbocycles. The first-order chi connectivity index (χ1) is 13.3. The van der Waals surface area contributed by atoms with Crippen molar-refractivity contribution < 1.29 is 9.47 Å². The number of pyridine rings is 1. The Morgan fingerprint density at radius 2 is 1.85 bits per heavy atom. The van der Waals surface area contributed by atoms with Gasteiger partial charge in [0.05, 0.1) is 11.0 Å². The summed E-state index contributed by atoms with van der Waals surface area (Å²) in [6, 6.07) is 8.05. The molecule has 2 aromatic heterocycles. The highest BCUT2D eigenvalue weighted by Crippen LogP contribution is 2.29. The van der Waals surface area contributed by atoms with Gasteiger partial charge in [-0.3, -0.25) is 0 Å². The third kappa shape index (κ3) is 4.55. The van der Waals surface area contributed by atoms with Crippen LogP contribution in [-0.2, 0) is 22.6 Å². The van der Waals surface area contributed by atoms with E-state index in [0.29, 0.717) is 25.6 Å². The van der Waals surface area contributed by atoms with Gasteiger partial charge in [0, 0.05) is 31.8 Å². The van der Waals surface area contributed by atoms with Crippen molar-refractivity contribution in [1.82, 2.24) is 14.5 Å². The fourth-order valence-electron chi connectivity index (χ4n) is 3.21. The van der Waals surface area contributed by atoms with Crippen molar-refractivity contribution in [2.75, 3.05) is 32.1 Å². The summed E-state index contributed by atoms with van der Waals surface area (Å²) in [5.41, 5.74) is 14.4. The average molecular weight is 371 g/mol. The lowest BCUT2D eigenvalue weighted by atomic mass is 10.2. The van der Waals surface area contributed by atoms with Gasteiger partial charge in [0.15, 0.2) is 5.82 Å². The number of unbranched alkanes of at least 4 members (excludes halogenated alkanes) is 1. The molecule has 0 aliphatic rings. The summed E-state index contributed by atoms with van der Waals surface area (Å²) in [4.78, 5) is 9.25. The maximum atomic E-state index is 6.20. The molecule has 0 fully saturated rings. The van der Waals surface area contributed by atoms with Crippen molar-refractivity contribution in [3.8, 4) is 0 Å². The molecule has 3 aromatic rings. The molecule has 3 rings (SSSR count). The van der Waals surface area contributed by atoms with E-state index >= 15 is 0 Å². The second-order valence-corrected chi connectivity index (χ2v) is 6.49. The van der Waals surface area contributed by atoms with Crippen LogP contribution in [-0.4, -0.2) is 40.9 Å². The molecule has 0 aliphatic carbocycles. The van der Waals surface area contributed by atoms with Crippen LogP contribution in [0.2, 0.25) is 0 Å². The van der Waals surface area contributed by atoms with Crippen molar-refractivity contribution >= 4 is 27.8 Å². The minimum absolute atomic E-state index is 0.463. The molecule has 27 heavy (non-hydrogen) atoms. The molecule has 0 saturated carbocycles. The Morgan fingerprint density at radius 3 is 2.67 bits per heavy atom. The molecule has 0 saturated heterocycles. The Kier molecular flexibility index (Phi) is 6.98. The van der Waals surface area contributed by atoms with Crippen molar-refractivity contribution in [2.24, 2.45) is 5.73 Å². The molecule has 7 nitrogen and oxygen atoms in total. The second kappa shape index (κ2) is 9.64. The maximum Gasteiger partial charge on any atom is 0.152 e. The van der Waals surface area contributed by atoms with Crippen LogP contribution in [0.15, 0.2) is 24.3 Å². The number of para-hydroxylation sites is 1. The quantitative estimate of drug-likeness (QED) is 0.503. The molecule has 0 bridgehead atoms. The van der Waals surface area contributed by atoms with Crippen molar-refractivity contribution in [2.45, 2.75) is 39.3 Å². The summed E-state index contributed by atoms with van der Waals surface area (Å²) in [7, 11) is 0. The molecule has 2 heterocycles. The van der Waals surface area contributed by atoms with E-state index < -0.39 is 0 Å². The number of aromatic nitrogens is 3. The number of nitrogens with two attached hydrogens (primary N) is 2. The van der Waals surface area contributed by atoms with E-state index in [4.69, 9.17) is 25.9 Å². The minimum atomic E-state index is 0.463. The van der Waals surface area contributed by atoms with Crippen LogP contribution in [0.25, 0.3) is 21.9 Å². The largest absolute Gasteiger partial charge is 0.382 e. The molecular weight excluding hydrogens is 342 g/mol. The zero-order chi connectivity index (χ0) is 19.1. The van der Waals surface area contributed by atoms with E-state index in [1.807, 2.05) is 25.1 Å². The molecule has 146 valence electrons. The van der Waals surface area contributed by atoms with Gasteiger partial charge in [0.2, 0.25) is 0 Å². The second-order valence-electron chi connectivity index (χ2n) is 6.49. The monoisotopic (exact) mass is 371 g/mol. The van der Waals surface area contributed by atoms with Crippen molar-refractivity contribution in [1.29, 1.82) is 0 Å². The number of ether oxygens (including phenoxy) is 2. The number of rotatable bonds is 11. The van der Waals surface area contributed by atoms with Crippen molar-refractivity contribution in [3.05, 3.63) is 30.1 Å². The van der Waals surface area contributed by atoms with Crippen LogP contribution in [0.3, 0.4) is 0 Å². The molecular formula is C20H29N5O2. The van der Waals surface area contributed by atoms with E-state index in [1.54, 1.807) is 0 Å². The van der Waals surface area contributed by atoms with E-state index in [1.165, 1.54) is 0 Å². The minimum Gasteiger partial charge on any atom is -0.382 e. The molecule has 0 amide bonds. The number of hydrogen-bond donors (Lipinski definition) is 2. The summed E-state index contributed by atoms with van der Waals surface area (Å²) in [6.45, 7) is 6.08. The summed E-state index contributed by atoms with van der Waals surface area (Å²) in [5.74, 6) is 1.35. The number of fused-ring (bicyclic) bond motifs is 3. The number of hydrogen-bond acceptors (Lipinski definition) is 6. The van der Waals surface area contributed by atoms with Crippen molar-refractivity contribution in [3.63, 3.8) is 0 Å². The topological polar surface area (TPSA) is 101 Å². The number of anilines is 1. The first-order valence-electron chi connectivity index (χ1n) is 9.65. The Morgan fingerprint density at radius 1 is 1.04 bits per heavy atom. The zero-order valence-electron chi connectivity index (χ0n) is 16.0. The fraction of sp³-hybridized carbons (Fsp3) is 0.500. The average Bonchev–Trinajstić information content (AvgIpc) is 3.05. The highest BCUT2D eigenvalue weighted by atomic mass is 16.5. The predicted molar refractivity (Wildman–Crippen MR) is 109 cm³/mol. The van der Waals surface area contributed by atoms with Crippen LogP contribution in [0.1, 0.15) is 32.0 Å². The lowest BCUT2D eigenvalue weighted by Crippen LogP contribution is -2.08. The third-order valence-corrected chi connectivity index (χ3v) is 4.54. The van der Waals surface area contributed by atoms with Gasteiger partial charge >= 0.3 is 0 Å². The van der Waals surface area contributed by atoms with E-state index in [9.17, 15) is 0 Å². The predicted octanol–water partition coefficient (Wildman–Crippen LogP) is 2.85. The molecule has 0 spiro atoms. The number of benzene rings is 1. The zero-order valence-corrected chi connectivity index (χ0v) is 16.0. The van der Waals surface area contributed by atoms with E-state index in [0.717, 1.165) is 66.8 Å². The number of nitrogen functional groups attached to an aromatic ring is 1. The van der Waals surface area contributed by atoms with Crippen LogP contribution >= 0.6 is 0 Å². The standard InChI is InChI=1S/C20H29N5O2/c1-2-26-14-17-24-18-19(15-8-3-4-9-16(15)23-20(18)22)25(17)11-5-6-12-27-13-7-10-21/h3-4,8-9H,2,5-7,10-14,21H2,1H3,(H2,22,23). The van der Waals surface area contributed by atoms with Gasteiger partial charge in [-0.05, 0) is 38.8 Å². The number of aryl methyl sites for hydroxylation is 1. The van der Waals surface area contributed by atoms with Gasteiger partial charge < -0.3 is 25.5 Å². The number of nitrogens with zero attached hydrogens (tertiary/aromatic N) is 3. The smallest absolute Gasteiger partial charge is 0.152 e. The Hall–Kier alpha value is -2.22. The van der Waals surface area contributed by atoms with Gasteiger partial charge in [0.1, 0.15) is 17.9 Å². The molecule has 7 heteroatoms. The van der Waals surface area contributed by atoms with Crippen LogP contribution in [0.4, 0.5) is 5.82 Å². The summed E-state index contributed by atoms with van der Waals surface area (Å²) < 4.78 is 13.5. The fourth-order valence-corrected chi connectivity index (χ4v) is 3.21. The first-order valence-corrected chi connectivity index (χ1v) is 9.65. The lowest BCUT2D eigenvalue weighted by Gasteiger charge is -2.11. The SMILES string of the molecule is CCOCc1nc2c(N)nc3ccccc3c2n1CCCCOCCCN. The first kappa shape index (κ1) is 19.5. The summed E-state index contributed by atoms with van der Waals surface area (Å²) in [6.07, 6.45) is 2.88. The highest BCUT2D eigenvalue weighted by molar-refractivity contribution is 6.06. The molecule has 4 N–H and O–H groups in total. The van der Waals surface area contributed by atoms with Crippen LogP contribution < -0.4 is 11.5 Å². The molecule has 0 radical (unpaired) electrons. The Balaban J connectivity index is 1.86. The van der Waals surface area contributed by atoms with E-state index in [2.05, 4.69) is 15.6 Å². The normalized spacial score (nSPS) is 11.6. The maximum absolute atomic E-state index is 6.20. The summed E-state index contributed by atoms with van der Waals surface area (Å²) in [5, 5.41) is 1.07. The van der Waals surface area contributed by atoms with Gasteiger partial charge in [-0.1, -0.05) is 18.2 Å². The highest BCUT2D eigenvalue weighted by Gasteiger charge is 2.17. The van der Waals surface area contributed by atoms with Gasteiger partial charge in [-0.15, -0.1) is 0 Å². The Labute approximate surface area is 159 Å². The molecule has 0 aliphatic heterocycles. The van der Waals surface area contributed by atoms with Crippen LogP contribution in [0.5, 0.6) is 0 Å².